The smallest absolute Gasteiger partial charge is 0.303 e. The van der Waals surface area contributed by atoms with Crippen molar-refractivity contribution in [1.82, 2.24) is 0 Å². The Balaban J connectivity index is 2.15. The van der Waals surface area contributed by atoms with Gasteiger partial charge in [0.2, 0.25) is 0 Å². The molecular formula is C19H30O3. The maximum atomic E-state index is 12.2. The second-order valence-electron chi connectivity index (χ2n) is 8.39. The SMILES string of the molecule is CC(CCC1=CC(=O)CC2C(C)(C)CCCC12C)CC(=O)O. The van der Waals surface area contributed by atoms with E-state index in [-0.39, 0.29) is 29.0 Å². The highest BCUT2D eigenvalue weighted by atomic mass is 16.4. The van der Waals surface area contributed by atoms with E-state index >= 15 is 0 Å². The average molecular weight is 306 g/mol. The van der Waals surface area contributed by atoms with Gasteiger partial charge in [0.1, 0.15) is 0 Å². The van der Waals surface area contributed by atoms with Crippen LogP contribution in [0, 0.1) is 22.7 Å². The van der Waals surface area contributed by atoms with Crippen molar-refractivity contribution in [3.05, 3.63) is 11.6 Å². The van der Waals surface area contributed by atoms with Crippen LogP contribution in [-0.2, 0) is 9.59 Å². The summed E-state index contributed by atoms with van der Waals surface area (Å²) in [5.41, 5.74) is 1.62. The number of fused-ring (bicyclic) bond motifs is 1. The predicted molar refractivity (Wildman–Crippen MR) is 87.6 cm³/mol. The summed E-state index contributed by atoms with van der Waals surface area (Å²) in [4.78, 5) is 23.0. The first-order valence-corrected chi connectivity index (χ1v) is 8.61. The van der Waals surface area contributed by atoms with E-state index in [2.05, 4.69) is 20.8 Å². The number of hydrogen-bond donors (Lipinski definition) is 1. The lowest BCUT2D eigenvalue weighted by atomic mass is 9.50. The number of hydrogen-bond acceptors (Lipinski definition) is 2. The Kier molecular flexibility index (Phi) is 4.84. The van der Waals surface area contributed by atoms with Crippen LogP contribution >= 0.6 is 0 Å². The number of carbonyl (C=O) groups is 2. The Hall–Kier alpha value is -1.12. The number of carboxylic acid groups (broad SMARTS) is 1. The highest BCUT2D eigenvalue weighted by molar-refractivity contribution is 5.92. The predicted octanol–water partition coefficient (Wildman–Crippen LogP) is 4.61. The zero-order valence-electron chi connectivity index (χ0n) is 14.4. The lowest BCUT2D eigenvalue weighted by Crippen LogP contribution is -2.46. The topological polar surface area (TPSA) is 54.4 Å². The van der Waals surface area contributed by atoms with Gasteiger partial charge in [0.15, 0.2) is 5.78 Å². The summed E-state index contributed by atoms with van der Waals surface area (Å²) in [6.45, 7) is 8.93. The molecule has 3 atom stereocenters. The van der Waals surface area contributed by atoms with E-state index in [1.165, 1.54) is 18.4 Å². The summed E-state index contributed by atoms with van der Waals surface area (Å²) in [5, 5.41) is 8.90. The molecule has 0 aromatic carbocycles. The van der Waals surface area contributed by atoms with E-state index in [9.17, 15) is 9.59 Å². The van der Waals surface area contributed by atoms with Gasteiger partial charge in [-0.2, -0.15) is 0 Å². The molecule has 0 aromatic rings. The third-order valence-corrected chi connectivity index (χ3v) is 6.13. The number of aliphatic carboxylic acids is 1. The van der Waals surface area contributed by atoms with Crippen molar-refractivity contribution in [2.75, 3.05) is 0 Å². The van der Waals surface area contributed by atoms with Gasteiger partial charge in [0.05, 0.1) is 0 Å². The third-order valence-electron chi connectivity index (χ3n) is 6.13. The minimum Gasteiger partial charge on any atom is -0.481 e. The van der Waals surface area contributed by atoms with E-state index in [4.69, 9.17) is 5.11 Å². The van der Waals surface area contributed by atoms with E-state index in [1.54, 1.807) is 0 Å². The molecule has 0 spiro atoms. The number of carboxylic acids is 1. The molecule has 0 saturated heterocycles. The van der Waals surface area contributed by atoms with Gasteiger partial charge < -0.3 is 5.11 Å². The fourth-order valence-corrected chi connectivity index (χ4v) is 4.79. The number of rotatable bonds is 5. The molecule has 1 N–H and O–H groups in total. The molecule has 0 bridgehead atoms. The van der Waals surface area contributed by atoms with Crippen molar-refractivity contribution in [1.29, 1.82) is 0 Å². The molecule has 2 aliphatic rings. The standard InChI is InChI=1S/C19H30O3/c1-13(10-17(21)22)6-7-14-11-15(20)12-16-18(2,3)8-5-9-19(14,16)4/h11,13,16H,5-10,12H2,1-4H3,(H,21,22). The molecule has 1 fully saturated rings. The summed E-state index contributed by atoms with van der Waals surface area (Å²) in [6, 6.07) is 0. The van der Waals surface area contributed by atoms with Crippen LogP contribution in [0.4, 0.5) is 0 Å². The zero-order chi connectivity index (χ0) is 16.5. The molecule has 0 aliphatic heterocycles. The van der Waals surface area contributed by atoms with Crippen LogP contribution in [0.25, 0.3) is 0 Å². The highest BCUT2D eigenvalue weighted by Crippen LogP contribution is 2.58. The average Bonchev–Trinajstić information content (AvgIpc) is 2.37. The second-order valence-corrected chi connectivity index (χ2v) is 8.39. The minimum atomic E-state index is -0.732. The maximum Gasteiger partial charge on any atom is 0.303 e. The fourth-order valence-electron chi connectivity index (χ4n) is 4.79. The van der Waals surface area contributed by atoms with Crippen molar-refractivity contribution in [3.63, 3.8) is 0 Å². The van der Waals surface area contributed by atoms with Crippen LogP contribution in [-0.4, -0.2) is 16.9 Å². The van der Waals surface area contributed by atoms with Crippen molar-refractivity contribution < 1.29 is 14.7 Å². The first-order valence-electron chi connectivity index (χ1n) is 8.61. The number of allylic oxidation sites excluding steroid dienone is 2. The van der Waals surface area contributed by atoms with Crippen molar-refractivity contribution in [2.45, 2.75) is 72.6 Å². The molecule has 0 heterocycles. The van der Waals surface area contributed by atoms with Gasteiger partial charge >= 0.3 is 5.97 Å². The number of ketones is 1. The van der Waals surface area contributed by atoms with Crippen molar-refractivity contribution in [2.24, 2.45) is 22.7 Å². The lowest BCUT2D eigenvalue weighted by Gasteiger charge is -2.54. The first kappa shape index (κ1) is 17.2. The molecule has 0 aromatic heterocycles. The molecular weight excluding hydrogens is 276 g/mol. The molecule has 3 unspecified atom stereocenters. The molecule has 0 amide bonds. The molecule has 2 rings (SSSR count). The minimum absolute atomic E-state index is 0.124. The van der Waals surface area contributed by atoms with E-state index in [1.807, 2.05) is 13.0 Å². The second kappa shape index (κ2) is 6.17. The Labute approximate surface area is 134 Å². The van der Waals surface area contributed by atoms with Crippen LogP contribution in [0.3, 0.4) is 0 Å². The molecule has 22 heavy (non-hydrogen) atoms. The zero-order valence-corrected chi connectivity index (χ0v) is 14.4. The molecule has 0 radical (unpaired) electrons. The Morgan fingerprint density at radius 2 is 2.05 bits per heavy atom. The maximum absolute atomic E-state index is 12.2. The van der Waals surface area contributed by atoms with E-state index in [0.29, 0.717) is 12.3 Å². The Bertz CT molecular complexity index is 489. The van der Waals surface area contributed by atoms with Gasteiger partial charge in [-0.3, -0.25) is 9.59 Å². The van der Waals surface area contributed by atoms with Crippen LogP contribution in [0.5, 0.6) is 0 Å². The molecule has 3 heteroatoms. The summed E-state index contributed by atoms with van der Waals surface area (Å²) < 4.78 is 0. The fraction of sp³-hybridized carbons (Fsp3) is 0.789. The van der Waals surface area contributed by atoms with Crippen molar-refractivity contribution in [3.8, 4) is 0 Å². The summed E-state index contributed by atoms with van der Waals surface area (Å²) in [7, 11) is 0. The van der Waals surface area contributed by atoms with Crippen molar-refractivity contribution >= 4 is 11.8 Å². The largest absolute Gasteiger partial charge is 0.481 e. The Morgan fingerprint density at radius 1 is 1.36 bits per heavy atom. The monoisotopic (exact) mass is 306 g/mol. The third kappa shape index (κ3) is 3.44. The quantitative estimate of drug-likeness (QED) is 0.807. The van der Waals surface area contributed by atoms with Gasteiger partial charge in [-0.05, 0) is 54.4 Å². The van der Waals surface area contributed by atoms with Crippen LogP contribution in [0.2, 0.25) is 0 Å². The number of carbonyl (C=O) groups excluding carboxylic acids is 1. The summed E-state index contributed by atoms with van der Waals surface area (Å²) in [5.74, 6) is 0.118. The van der Waals surface area contributed by atoms with Crippen LogP contribution in [0.1, 0.15) is 72.6 Å². The molecule has 2 aliphatic carbocycles. The van der Waals surface area contributed by atoms with Gasteiger partial charge in [-0.25, -0.2) is 0 Å². The first-order chi connectivity index (χ1) is 10.1. The molecule has 3 nitrogen and oxygen atoms in total. The lowest BCUT2D eigenvalue weighted by molar-refractivity contribution is -0.138. The van der Waals surface area contributed by atoms with E-state index in [0.717, 1.165) is 19.3 Å². The van der Waals surface area contributed by atoms with Gasteiger partial charge in [-0.1, -0.05) is 39.7 Å². The summed E-state index contributed by atoms with van der Waals surface area (Å²) >= 11 is 0. The molecule has 1 saturated carbocycles. The molecule has 124 valence electrons. The van der Waals surface area contributed by atoms with Gasteiger partial charge in [0, 0.05) is 12.8 Å². The normalized spacial score (nSPS) is 32.1. The van der Waals surface area contributed by atoms with Crippen LogP contribution in [0.15, 0.2) is 11.6 Å². The van der Waals surface area contributed by atoms with Gasteiger partial charge in [-0.15, -0.1) is 0 Å². The van der Waals surface area contributed by atoms with E-state index < -0.39 is 5.97 Å². The van der Waals surface area contributed by atoms with Gasteiger partial charge in [0.25, 0.3) is 0 Å². The Morgan fingerprint density at radius 3 is 2.68 bits per heavy atom. The summed E-state index contributed by atoms with van der Waals surface area (Å²) in [6.07, 6.45) is 8.07. The highest BCUT2D eigenvalue weighted by Gasteiger charge is 2.50. The van der Waals surface area contributed by atoms with Crippen LogP contribution < -0.4 is 0 Å².